The second-order valence-electron chi connectivity index (χ2n) is 6.39. The average Bonchev–Trinajstić information content (AvgIpc) is 2.87. The summed E-state index contributed by atoms with van der Waals surface area (Å²) in [6.45, 7) is 2.32. The third-order valence-corrected chi connectivity index (χ3v) is 5.83. The topological polar surface area (TPSA) is 40.5 Å². The molecule has 0 aliphatic heterocycles. The van der Waals surface area contributed by atoms with Gasteiger partial charge in [-0.3, -0.25) is 0 Å². The van der Waals surface area contributed by atoms with Gasteiger partial charge in [-0.1, -0.05) is 0 Å². The number of rotatable bonds is 3. The first-order chi connectivity index (χ1) is 7.72. The summed E-state index contributed by atoms with van der Waals surface area (Å²) >= 11 is 0. The lowest BCUT2D eigenvalue weighted by atomic mass is 9.70. The molecule has 2 nitrogen and oxygen atoms in total. The predicted molar refractivity (Wildman–Crippen MR) is 62.8 cm³/mol. The molecule has 0 radical (unpaired) electrons. The zero-order valence-corrected chi connectivity index (χ0v) is 10.2. The molecule has 3 saturated carbocycles. The van der Waals surface area contributed by atoms with Crippen molar-refractivity contribution in [2.75, 3.05) is 6.61 Å². The molecule has 0 amide bonds. The molecular formula is C14H24O2. The van der Waals surface area contributed by atoms with Crippen molar-refractivity contribution in [2.45, 2.75) is 45.1 Å². The summed E-state index contributed by atoms with van der Waals surface area (Å²) < 4.78 is 0. The van der Waals surface area contributed by atoms with Crippen LogP contribution in [-0.4, -0.2) is 22.9 Å². The van der Waals surface area contributed by atoms with E-state index in [9.17, 15) is 5.11 Å². The molecule has 0 aromatic carbocycles. The molecule has 3 rings (SSSR count). The Morgan fingerprint density at radius 3 is 2.69 bits per heavy atom. The van der Waals surface area contributed by atoms with Crippen LogP contribution >= 0.6 is 0 Å². The van der Waals surface area contributed by atoms with E-state index in [-0.39, 0.29) is 6.10 Å². The lowest BCUT2D eigenvalue weighted by Gasteiger charge is -2.36. The van der Waals surface area contributed by atoms with Gasteiger partial charge in [-0.15, -0.1) is 0 Å². The molecule has 2 heteroatoms. The first-order valence-corrected chi connectivity index (χ1v) is 7.01. The van der Waals surface area contributed by atoms with Crippen molar-refractivity contribution >= 4 is 0 Å². The van der Waals surface area contributed by atoms with Crippen LogP contribution in [0.3, 0.4) is 0 Å². The van der Waals surface area contributed by atoms with Crippen LogP contribution in [0.1, 0.15) is 39.0 Å². The van der Waals surface area contributed by atoms with Crippen LogP contribution in [0.4, 0.5) is 0 Å². The second-order valence-corrected chi connectivity index (χ2v) is 6.39. The van der Waals surface area contributed by atoms with E-state index in [0.29, 0.717) is 12.5 Å². The summed E-state index contributed by atoms with van der Waals surface area (Å²) in [6.07, 6.45) is 6.24. The van der Waals surface area contributed by atoms with Crippen LogP contribution in [0.2, 0.25) is 0 Å². The third kappa shape index (κ3) is 1.46. The fourth-order valence-electron chi connectivity index (χ4n) is 5.35. The Morgan fingerprint density at radius 1 is 1.19 bits per heavy atom. The number of hydrogen-bond donors (Lipinski definition) is 2. The highest BCUT2D eigenvalue weighted by Crippen LogP contribution is 2.63. The highest BCUT2D eigenvalue weighted by Gasteiger charge is 2.57. The molecule has 0 spiro atoms. The van der Waals surface area contributed by atoms with E-state index in [1.54, 1.807) is 0 Å². The molecule has 0 aromatic heterocycles. The Hall–Kier alpha value is -0.0800. The van der Waals surface area contributed by atoms with Gasteiger partial charge in [-0.2, -0.15) is 0 Å². The van der Waals surface area contributed by atoms with Gasteiger partial charge in [0.2, 0.25) is 0 Å². The van der Waals surface area contributed by atoms with Crippen LogP contribution in [0.25, 0.3) is 0 Å². The molecule has 0 heterocycles. The molecule has 2 N–H and O–H groups in total. The Morgan fingerprint density at radius 2 is 2.00 bits per heavy atom. The first-order valence-electron chi connectivity index (χ1n) is 7.01. The minimum absolute atomic E-state index is 0.119. The Kier molecular flexibility index (Phi) is 2.75. The van der Waals surface area contributed by atoms with Gasteiger partial charge < -0.3 is 10.2 Å². The molecule has 3 aliphatic rings. The van der Waals surface area contributed by atoms with Gasteiger partial charge in [-0.05, 0) is 74.5 Å². The highest BCUT2D eigenvalue weighted by molar-refractivity contribution is 5.06. The third-order valence-electron chi connectivity index (χ3n) is 5.83. The molecule has 7 atom stereocenters. The molecule has 2 bridgehead atoms. The van der Waals surface area contributed by atoms with Crippen molar-refractivity contribution < 1.29 is 10.2 Å². The summed E-state index contributed by atoms with van der Waals surface area (Å²) in [7, 11) is 0. The molecule has 7 unspecified atom stereocenters. The first kappa shape index (κ1) is 11.0. The van der Waals surface area contributed by atoms with E-state index in [4.69, 9.17) is 5.11 Å². The quantitative estimate of drug-likeness (QED) is 0.770. The summed E-state index contributed by atoms with van der Waals surface area (Å²) in [5.74, 6) is 4.77. The lowest BCUT2D eigenvalue weighted by Crippen LogP contribution is -2.33. The maximum Gasteiger partial charge on any atom is 0.0543 e. The Labute approximate surface area is 98.1 Å². The highest BCUT2D eigenvalue weighted by atomic mass is 16.3. The van der Waals surface area contributed by atoms with Crippen molar-refractivity contribution in [2.24, 2.45) is 35.5 Å². The van der Waals surface area contributed by atoms with Crippen LogP contribution in [-0.2, 0) is 0 Å². The Balaban J connectivity index is 1.77. The van der Waals surface area contributed by atoms with Gasteiger partial charge in [-0.25, -0.2) is 0 Å². The van der Waals surface area contributed by atoms with E-state index in [1.165, 1.54) is 25.7 Å². The fraction of sp³-hybridized carbons (Fsp3) is 1.00. The van der Waals surface area contributed by atoms with Crippen molar-refractivity contribution in [3.63, 3.8) is 0 Å². The maximum atomic E-state index is 9.86. The van der Waals surface area contributed by atoms with Crippen molar-refractivity contribution in [3.8, 4) is 0 Å². The zero-order chi connectivity index (χ0) is 11.3. The van der Waals surface area contributed by atoms with Gasteiger partial charge in [0, 0.05) is 6.61 Å². The van der Waals surface area contributed by atoms with Crippen molar-refractivity contribution in [1.82, 2.24) is 0 Å². The summed E-state index contributed by atoms with van der Waals surface area (Å²) in [5.41, 5.74) is 0. The number of fused-ring (bicyclic) bond motifs is 5. The van der Waals surface area contributed by atoms with E-state index < -0.39 is 0 Å². The number of aliphatic hydroxyl groups excluding tert-OH is 2. The molecule has 16 heavy (non-hydrogen) atoms. The molecule has 3 aliphatic carbocycles. The van der Waals surface area contributed by atoms with Crippen molar-refractivity contribution in [3.05, 3.63) is 0 Å². The molecule has 92 valence electrons. The molecule has 0 aromatic rings. The van der Waals surface area contributed by atoms with Gasteiger partial charge in [0.1, 0.15) is 0 Å². The average molecular weight is 224 g/mol. The van der Waals surface area contributed by atoms with Gasteiger partial charge >= 0.3 is 0 Å². The SMILES string of the molecule is CC(O)C1CC2CC1C1C(CCO)CCC21. The van der Waals surface area contributed by atoms with E-state index in [2.05, 4.69) is 0 Å². The summed E-state index contributed by atoms with van der Waals surface area (Å²) in [6, 6.07) is 0. The standard InChI is InChI=1S/C14H24O2/c1-8(16)12-6-10-7-13(12)14-9(4-5-15)2-3-11(10)14/h8-16H,2-7H2,1H3. The largest absolute Gasteiger partial charge is 0.396 e. The lowest BCUT2D eigenvalue weighted by molar-refractivity contribution is 0.0420. The van der Waals surface area contributed by atoms with Gasteiger partial charge in [0.15, 0.2) is 0 Å². The Bertz CT molecular complexity index is 263. The van der Waals surface area contributed by atoms with Crippen LogP contribution < -0.4 is 0 Å². The fourth-order valence-corrected chi connectivity index (χ4v) is 5.35. The zero-order valence-electron chi connectivity index (χ0n) is 10.2. The monoisotopic (exact) mass is 224 g/mol. The smallest absolute Gasteiger partial charge is 0.0543 e. The predicted octanol–water partition coefficient (Wildman–Crippen LogP) is 2.05. The number of hydrogen-bond acceptors (Lipinski definition) is 2. The van der Waals surface area contributed by atoms with Gasteiger partial charge in [0.05, 0.1) is 6.10 Å². The van der Waals surface area contributed by atoms with Crippen molar-refractivity contribution in [1.29, 1.82) is 0 Å². The molecular weight excluding hydrogens is 200 g/mol. The van der Waals surface area contributed by atoms with E-state index in [1.807, 2.05) is 6.92 Å². The second kappa shape index (κ2) is 3.99. The normalized spacial score (nSPS) is 51.9. The van der Waals surface area contributed by atoms with Crippen LogP contribution in [0.15, 0.2) is 0 Å². The minimum Gasteiger partial charge on any atom is -0.396 e. The van der Waals surface area contributed by atoms with Gasteiger partial charge in [0.25, 0.3) is 0 Å². The summed E-state index contributed by atoms with van der Waals surface area (Å²) in [4.78, 5) is 0. The van der Waals surface area contributed by atoms with Crippen LogP contribution in [0.5, 0.6) is 0 Å². The minimum atomic E-state index is -0.119. The molecule has 0 saturated heterocycles. The maximum absolute atomic E-state index is 9.86. The number of aliphatic hydroxyl groups is 2. The van der Waals surface area contributed by atoms with Crippen LogP contribution in [0, 0.1) is 35.5 Å². The van der Waals surface area contributed by atoms with E-state index >= 15 is 0 Å². The molecule has 3 fully saturated rings. The van der Waals surface area contributed by atoms with E-state index in [0.717, 1.165) is 36.0 Å². The summed E-state index contributed by atoms with van der Waals surface area (Å²) in [5, 5.41) is 19.0.